The first-order chi connectivity index (χ1) is 10.1. The fourth-order valence-corrected chi connectivity index (χ4v) is 2.28. The number of rotatable bonds is 2. The van der Waals surface area contributed by atoms with Gasteiger partial charge in [0.15, 0.2) is 0 Å². The Balaban J connectivity index is 2.35. The van der Waals surface area contributed by atoms with Crippen molar-refractivity contribution < 1.29 is 19.4 Å². The summed E-state index contributed by atoms with van der Waals surface area (Å²) < 4.78 is 5.39. The van der Waals surface area contributed by atoms with Crippen LogP contribution in [-0.4, -0.2) is 16.2 Å². The topological polar surface area (TPSA) is 94.5 Å². The highest BCUT2D eigenvalue weighted by molar-refractivity contribution is 5.99. The molecule has 3 aromatic rings. The maximum Gasteiger partial charge on any atom is 0.339 e. The molecule has 3 rings (SSSR count). The Morgan fingerprint density at radius 2 is 2.00 bits per heavy atom. The number of benzene rings is 2. The van der Waals surface area contributed by atoms with Crippen LogP contribution in [0.2, 0.25) is 0 Å². The lowest BCUT2D eigenvalue weighted by atomic mass is 9.98. The van der Waals surface area contributed by atoms with Crippen LogP contribution in [0.15, 0.2) is 47.1 Å². The number of hydrogen-bond donors (Lipinski definition) is 2. The lowest BCUT2D eigenvalue weighted by molar-refractivity contribution is 0.0694. The van der Waals surface area contributed by atoms with Crippen LogP contribution in [0.3, 0.4) is 0 Å². The lowest BCUT2D eigenvalue weighted by Gasteiger charge is -2.08. The molecule has 0 amide bonds. The molecule has 2 N–H and O–H groups in total. The minimum atomic E-state index is -1.22. The van der Waals surface area contributed by atoms with Crippen LogP contribution < -0.4 is 0 Å². The smallest absolute Gasteiger partial charge is 0.339 e. The van der Waals surface area contributed by atoms with Gasteiger partial charge in [-0.05, 0) is 24.3 Å². The van der Waals surface area contributed by atoms with E-state index in [0.29, 0.717) is 27.7 Å². The van der Waals surface area contributed by atoms with Crippen LogP contribution in [0.5, 0.6) is 5.75 Å². The first-order valence-electron chi connectivity index (χ1n) is 6.09. The third kappa shape index (κ3) is 1.99. The van der Waals surface area contributed by atoms with Crippen LogP contribution in [0.1, 0.15) is 15.9 Å². The highest BCUT2D eigenvalue weighted by Crippen LogP contribution is 2.37. The van der Waals surface area contributed by atoms with Crippen molar-refractivity contribution in [2.24, 2.45) is 0 Å². The van der Waals surface area contributed by atoms with Crippen molar-refractivity contribution in [1.29, 1.82) is 5.26 Å². The Morgan fingerprint density at radius 3 is 2.71 bits per heavy atom. The molecule has 0 bridgehead atoms. The monoisotopic (exact) mass is 279 g/mol. The molecule has 0 aliphatic rings. The van der Waals surface area contributed by atoms with Crippen molar-refractivity contribution in [3.05, 3.63) is 53.8 Å². The average molecular weight is 279 g/mol. The predicted octanol–water partition coefficient (Wildman–Crippen LogP) is 3.38. The van der Waals surface area contributed by atoms with Gasteiger partial charge in [-0.1, -0.05) is 12.1 Å². The second-order valence-electron chi connectivity index (χ2n) is 4.48. The normalized spacial score (nSPS) is 10.4. The van der Waals surface area contributed by atoms with Gasteiger partial charge in [0.25, 0.3) is 0 Å². The molecule has 1 heterocycles. The van der Waals surface area contributed by atoms with Crippen LogP contribution >= 0.6 is 0 Å². The van der Waals surface area contributed by atoms with E-state index in [-0.39, 0.29) is 11.3 Å². The Morgan fingerprint density at radius 1 is 1.19 bits per heavy atom. The summed E-state index contributed by atoms with van der Waals surface area (Å²) in [6.45, 7) is 0. The van der Waals surface area contributed by atoms with E-state index in [2.05, 4.69) is 0 Å². The van der Waals surface area contributed by atoms with E-state index in [9.17, 15) is 9.90 Å². The number of nitriles is 1. The van der Waals surface area contributed by atoms with Crippen molar-refractivity contribution in [2.45, 2.75) is 0 Å². The molecule has 5 nitrogen and oxygen atoms in total. The second-order valence-corrected chi connectivity index (χ2v) is 4.48. The molecule has 0 unspecified atom stereocenters. The Labute approximate surface area is 119 Å². The van der Waals surface area contributed by atoms with Crippen LogP contribution in [0, 0.1) is 11.3 Å². The second kappa shape index (κ2) is 4.69. The van der Waals surface area contributed by atoms with Gasteiger partial charge in [-0.25, -0.2) is 4.79 Å². The molecule has 0 atom stereocenters. The molecule has 1 aromatic heterocycles. The van der Waals surface area contributed by atoms with Crippen LogP contribution in [0.25, 0.3) is 22.1 Å². The van der Waals surface area contributed by atoms with E-state index < -0.39 is 5.97 Å². The largest absolute Gasteiger partial charge is 0.506 e. The summed E-state index contributed by atoms with van der Waals surface area (Å²) in [7, 11) is 0. The summed E-state index contributed by atoms with van der Waals surface area (Å²) in [6.07, 6.45) is 1.48. The summed E-state index contributed by atoms with van der Waals surface area (Å²) in [5.74, 6) is -1.57. The number of carboxylic acid groups (broad SMARTS) is 1. The highest BCUT2D eigenvalue weighted by Gasteiger charge is 2.17. The fourth-order valence-electron chi connectivity index (χ4n) is 2.28. The minimum Gasteiger partial charge on any atom is -0.506 e. The molecule has 0 aliphatic heterocycles. The number of fused-ring (bicyclic) bond motifs is 1. The summed E-state index contributed by atoms with van der Waals surface area (Å²) in [5.41, 5.74) is 1.49. The number of aromatic carboxylic acids is 1. The molecule has 102 valence electrons. The maximum absolute atomic E-state index is 11.1. The van der Waals surface area contributed by atoms with E-state index in [1.54, 1.807) is 24.3 Å². The maximum atomic E-state index is 11.1. The zero-order valence-corrected chi connectivity index (χ0v) is 10.7. The molecule has 0 spiro atoms. The first-order valence-corrected chi connectivity index (χ1v) is 6.09. The van der Waals surface area contributed by atoms with Crippen molar-refractivity contribution in [3.8, 4) is 22.9 Å². The van der Waals surface area contributed by atoms with Gasteiger partial charge in [-0.3, -0.25) is 0 Å². The third-order valence-corrected chi connectivity index (χ3v) is 3.24. The molecule has 21 heavy (non-hydrogen) atoms. The minimum absolute atomic E-state index is 0.199. The van der Waals surface area contributed by atoms with Crippen molar-refractivity contribution >= 4 is 16.9 Å². The number of nitrogens with zero attached hydrogens (tertiary/aromatic N) is 1. The van der Waals surface area contributed by atoms with Crippen molar-refractivity contribution in [1.82, 2.24) is 0 Å². The molecular weight excluding hydrogens is 270 g/mol. The van der Waals surface area contributed by atoms with E-state index in [0.717, 1.165) is 0 Å². The fraction of sp³-hybridized carbons (Fsp3) is 0. The van der Waals surface area contributed by atoms with Gasteiger partial charge in [-0.2, -0.15) is 5.26 Å². The molecular formula is C16H9NO4. The number of carboxylic acids is 1. The Kier molecular flexibility index (Phi) is 2.85. The number of phenols is 1. The number of furan rings is 1. The quantitative estimate of drug-likeness (QED) is 0.749. The molecule has 0 saturated carbocycles. The van der Waals surface area contributed by atoms with Gasteiger partial charge in [0.2, 0.25) is 0 Å². The lowest BCUT2D eigenvalue weighted by Crippen LogP contribution is -1.97. The highest BCUT2D eigenvalue weighted by atomic mass is 16.4. The van der Waals surface area contributed by atoms with E-state index >= 15 is 0 Å². The van der Waals surface area contributed by atoms with Crippen LogP contribution in [0.4, 0.5) is 0 Å². The zero-order chi connectivity index (χ0) is 15.0. The summed E-state index contributed by atoms with van der Waals surface area (Å²) in [4.78, 5) is 11.1. The van der Waals surface area contributed by atoms with Gasteiger partial charge in [0, 0.05) is 16.5 Å². The molecule has 0 fully saturated rings. The van der Waals surface area contributed by atoms with Crippen molar-refractivity contribution in [2.75, 3.05) is 0 Å². The molecule has 0 aliphatic carbocycles. The van der Waals surface area contributed by atoms with Gasteiger partial charge in [0.1, 0.15) is 16.9 Å². The molecule has 5 heteroatoms. The Bertz CT molecular complexity index is 902. The third-order valence-electron chi connectivity index (χ3n) is 3.24. The van der Waals surface area contributed by atoms with Gasteiger partial charge < -0.3 is 14.6 Å². The Hall–Kier alpha value is -3.26. The average Bonchev–Trinajstić information content (AvgIpc) is 2.94. The van der Waals surface area contributed by atoms with E-state index in [1.165, 1.54) is 18.4 Å². The number of hydrogen-bond acceptors (Lipinski definition) is 4. The van der Waals surface area contributed by atoms with Gasteiger partial charge in [0.05, 0.1) is 17.9 Å². The number of carbonyl (C=O) groups is 1. The summed E-state index contributed by atoms with van der Waals surface area (Å²) in [5, 5.41) is 29.0. The summed E-state index contributed by atoms with van der Waals surface area (Å²) >= 11 is 0. The molecule has 2 aromatic carbocycles. The first kappa shape index (κ1) is 12.8. The number of para-hydroxylation sites is 1. The van der Waals surface area contributed by atoms with E-state index in [4.69, 9.17) is 14.8 Å². The molecule has 0 saturated heterocycles. The predicted molar refractivity (Wildman–Crippen MR) is 75.0 cm³/mol. The zero-order valence-electron chi connectivity index (χ0n) is 10.7. The molecule has 0 radical (unpaired) electrons. The van der Waals surface area contributed by atoms with Crippen molar-refractivity contribution in [3.63, 3.8) is 0 Å². The number of aromatic hydroxyl groups is 1. The van der Waals surface area contributed by atoms with Gasteiger partial charge in [-0.15, -0.1) is 0 Å². The summed E-state index contributed by atoms with van der Waals surface area (Å²) in [6, 6.07) is 11.4. The van der Waals surface area contributed by atoms with E-state index in [1.807, 2.05) is 6.07 Å². The van der Waals surface area contributed by atoms with Crippen LogP contribution in [-0.2, 0) is 0 Å². The van der Waals surface area contributed by atoms with Gasteiger partial charge >= 0.3 is 5.97 Å². The standard InChI is InChI=1S/C16H9NO4/c17-8-9-6-10-4-5-21-15(10)13(7-9)11-2-1-3-12(14(11)18)16(19)20/h1-7,18H,(H,19,20). The SMILES string of the molecule is N#Cc1cc(-c2cccc(C(=O)O)c2O)c2occc2c1.